The summed E-state index contributed by atoms with van der Waals surface area (Å²) in [6.07, 6.45) is 3.64. The summed E-state index contributed by atoms with van der Waals surface area (Å²) < 4.78 is 6.22. The molecule has 1 aliphatic carbocycles. The summed E-state index contributed by atoms with van der Waals surface area (Å²) in [4.78, 5) is 1.04. The summed E-state index contributed by atoms with van der Waals surface area (Å²) >= 11 is 1.71. The van der Waals surface area contributed by atoms with Crippen LogP contribution in [0.2, 0.25) is 0 Å². The molecule has 0 aliphatic heterocycles. The van der Waals surface area contributed by atoms with Crippen LogP contribution in [0.5, 0.6) is 5.75 Å². The van der Waals surface area contributed by atoms with Crippen LogP contribution in [0.3, 0.4) is 0 Å². The van der Waals surface area contributed by atoms with Crippen LogP contribution in [0.1, 0.15) is 45.6 Å². The summed E-state index contributed by atoms with van der Waals surface area (Å²) in [5, 5.41) is 7.87. The summed E-state index contributed by atoms with van der Waals surface area (Å²) in [5.41, 5.74) is 6.55. The molecule has 0 saturated heterocycles. The molecule has 0 radical (unpaired) electrons. The Bertz CT molecular complexity index is 504. The number of ether oxygens (including phenoxy) is 1. The number of hydrogen-bond acceptors (Lipinski definition) is 3. The van der Waals surface area contributed by atoms with Crippen molar-refractivity contribution in [3.05, 3.63) is 23.8 Å². The highest BCUT2D eigenvalue weighted by molar-refractivity contribution is 7.99. The second kappa shape index (κ2) is 7.21. The smallest absolute Gasteiger partial charge is 0.131 e. The molecule has 21 heavy (non-hydrogen) atoms. The molecule has 1 aliphatic rings. The average molecular weight is 306 g/mol. The fourth-order valence-corrected chi connectivity index (χ4v) is 3.78. The Hall–Kier alpha value is -1.16. The first kappa shape index (κ1) is 16.2. The molecule has 116 valence electrons. The Morgan fingerprint density at radius 2 is 2.10 bits per heavy atom. The van der Waals surface area contributed by atoms with E-state index in [1.54, 1.807) is 11.8 Å². The van der Waals surface area contributed by atoms with Crippen molar-refractivity contribution in [3.63, 3.8) is 0 Å². The zero-order chi connectivity index (χ0) is 15.4. The van der Waals surface area contributed by atoms with Gasteiger partial charge in [0, 0.05) is 4.90 Å². The monoisotopic (exact) mass is 306 g/mol. The number of rotatable bonds is 5. The van der Waals surface area contributed by atoms with Gasteiger partial charge >= 0.3 is 0 Å². The van der Waals surface area contributed by atoms with E-state index >= 15 is 0 Å². The van der Waals surface area contributed by atoms with Gasteiger partial charge in [-0.25, -0.2) is 0 Å². The van der Waals surface area contributed by atoms with E-state index in [-0.39, 0.29) is 11.9 Å². The molecule has 3 unspecified atom stereocenters. The molecule has 1 saturated carbocycles. The molecule has 2 rings (SSSR count). The standard InChI is InChI=1S/C17H26N2OS/c1-4-21-15-7-5-6-14(16(15)17(18)19)20-13-9-8-11(2)12(3)10-13/h5-7,11-13H,4,8-10H2,1-3H3,(H3,18,19). The predicted octanol–water partition coefficient (Wildman–Crippen LogP) is 4.29. The molecule has 3 atom stereocenters. The molecule has 0 amide bonds. The lowest BCUT2D eigenvalue weighted by Crippen LogP contribution is -2.29. The maximum Gasteiger partial charge on any atom is 0.131 e. The fourth-order valence-electron chi connectivity index (χ4n) is 2.94. The van der Waals surface area contributed by atoms with E-state index in [0.717, 1.165) is 40.7 Å². The third-order valence-electron chi connectivity index (χ3n) is 4.40. The van der Waals surface area contributed by atoms with Gasteiger partial charge in [-0.15, -0.1) is 11.8 Å². The van der Waals surface area contributed by atoms with Crippen LogP contribution < -0.4 is 10.5 Å². The maximum absolute atomic E-state index is 7.87. The van der Waals surface area contributed by atoms with E-state index in [1.165, 1.54) is 6.42 Å². The molecular weight excluding hydrogens is 280 g/mol. The lowest BCUT2D eigenvalue weighted by atomic mass is 9.80. The third-order valence-corrected chi connectivity index (χ3v) is 5.34. The highest BCUT2D eigenvalue weighted by Crippen LogP contribution is 2.35. The number of nitrogen functional groups attached to an aromatic ring is 1. The lowest BCUT2D eigenvalue weighted by Gasteiger charge is -2.32. The number of nitrogens with two attached hydrogens (primary N) is 1. The van der Waals surface area contributed by atoms with Gasteiger partial charge in [-0.2, -0.15) is 0 Å². The van der Waals surface area contributed by atoms with Crippen LogP contribution in [0.15, 0.2) is 23.1 Å². The zero-order valence-electron chi connectivity index (χ0n) is 13.2. The van der Waals surface area contributed by atoms with Crippen molar-refractivity contribution < 1.29 is 4.74 Å². The molecule has 1 fully saturated rings. The van der Waals surface area contributed by atoms with E-state index in [4.69, 9.17) is 15.9 Å². The summed E-state index contributed by atoms with van der Waals surface area (Å²) in [5.74, 6) is 3.30. The minimum atomic E-state index is 0.0961. The quantitative estimate of drug-likeness (QED) is 0.485. The van der Waals surface area contributed by atoms with Crippen molar-refractivity contribution in [2.75, 3.05) is 5.75 Å². The maximum atomic E-state index is 7.87. The van der Waals surface area contributed by atoms with Crippen LogP contribution >= 0.6 is 11.8 Å². The molecule has 1 aromatic carbocycles. The minimum absolute atomic E-state index is 0.0961. The van der Waals surface area contributed by atoms with Crippen molar-refractivity contribution in [1.82, 2.24) is 0 Å². The van der Waals surface area contributed by atoms with Gasteiger partial charge in [0.25, 0.3) is 0 Å². The Kier molecular flexibility index (Phi) is 5.57. The number of nitrogens with one attached hydrogen (secondary N) is 1. The van der Waals surface area contributed by atoms with E-state index in [0.29, 0.717) is 5.92 Å². The third kappa shape index (κ3) is 3.94. The van der Waals surface area contributed by atoms with Gasteiger partial charge in [-0.1, -0.05) is 26.8 Å². The van der Waals surface area contributed by atoms with Gasteiger partial charge in [0.1, 0.15) is 11.6 Å². The van der Waals surface area contributed by atoms with Crippen molar-refractivity contribution in [2.45, 2.75) is 51.0 Å². The number of hydrogen-bond donors (Lipinski definition) is 2. The molecule has 0 heterocycles. The Morgan fingerprint density at radius 3 is 2.71 bits per heavy atom. The number of amidine groups is 1. The van der Waals surface area contributed by atoms with E-state index in [1.807, 2.05) is 18.2 Å². The first-order valence-corrected chi connectivity index (χ1v) is 8.78. The van der Waals surface area contributed by atoms with Gasteiger partial charge in [-0.3, -0.25) is 5.41 Å². The van der Waals surface area contributed by atoms with Gasteiger partial charge in [0.15, 0.2) is 0 Å². The van der Waals surface area contributed by atoms with E-state index < -0.39 is 0 Å². The van der Waals surface area contributed by atoms with Crippen LogP contribution in [0, 0.1) is 17.2 Å². The van der Waals surface area contributed by atoms with Crippen LogP contribution in [0.4, 0.5) is 0 Å². The largest absolute Gasteiger partial charge is 0.490 e. The molecule has 3 N–H and O–H groups in total. The predicted molar refractivity (Wildman–Crippen MR) is 90.5 cm³/mol. The van der Waals surface area contributed by atoms with E-state index in [9.17, 15) is 0 Å². The Morgan fingerprint density at radius 1 is 1.33 bits per heavy atom. The van der Waals surface area contributed by atoms with Crippen LogP contribution in [0.25, 0.3) is 0 Å². The molecule has 0 aromatic heterocycles. The summed E-state index contributed by atoms with van der Waals surface area (Å²) in [6.45, 7) is 6.72. The van der Waals surface area contributed by atoms with Gasteiger partial charge in [0.2, 0.25) is 0 Å². The zero-order valence-corrected chi connectivity index (χ0v) is 14.0. The first-order chi connectivity index (χ1) is 10.0. The Labute approximate surface area is 132 Å². The summed E-state index contributed by atoms with van der Waals surface area (Å²) in [6, 6.07) is 5.96. The second-order valence-electron chi connectivity index (χ2n) is 5.98. The molecule has 3 nitrogen and oxygen atoms in total. The highest BCUT2D eigenvalue weighted by atomic mass is 32.2. The van der Waals surface area contributed by atoms with Crippen LogP contribution in [-0.2, 0) is 0 Å². The van der Waals surface area contributed by atoms with Gasteiger partial charge in [-0.05, 0) is 49.0 Å². The van der Waals surface area contributed by atoms with E-state index in [2.05, 4.69) is 20.8 Å². The molecule has 1 aromatic rings. The van der Waals surface area contributed by atoms with Crippen molar-refractivity contribution >= 4 is 17.6 Å². The highest BCUT2D eigenvalue weighted by Gasteiger charge is 2.26. The van der Waals surface area contributed by atoms with Crippen molar-refractivity contribution in [3.8, 4) is 5.75 Å². The topological polar surface area (TPSA) is 59.1 Å². The van der Waals surface area contributed by atoms with Crippen molar-refractivity contribution in [1.29, 1.82) is 5.41 Å². The molecule has 0 bridgehead atoms. The van der Waals surface area contributed by atoms with Gasteiger partial charge < -0.3 is 10.5 Å². The molecular formula is C17H26N2OS. The van der Waals surface area contributed by atoms with Crippen LogP contribution in [-0.4, -0.2) is 17.7 Å². The average Bonchev–Trinajstić information content (AvgIpc) is 2.43. The minimum Gasteiger partial charge on any atom is -0.490 e. The normalized spacial score (nSPS) is 25.6. The Balaban J connectivity index is 2.19. The number of benzene rings is 1. The fraction of sp³-hybridized carbons (Fsp3) is 0.588. The van der Waals surface area contributed by atoms with Crippen molar-refractivity contribution in [2.24, 2.45) is 17.6 Å². The number of thioether (sulfide) groups is 1. The summed E-state index contributed by atoms with van der Waals surface area (Å²) in [7, 11) is 0. The lowest BCUT2D eigenvalue weighted by molar-refractivity contribution is 0.100. The first-order valence-electron chi connectivity index (χ1n) is 7.79. The SMILES string of the molecule is CCSc1cccc(OC2CCC(C)C(C)C2)c1C(=N)N. The second-order valence-corrected chi connectivity index (χ2v) is 7.29. The molecule has 0 spiro atoms. The molecule has 4 heteroatoms. The van der Waals surface area contributed by atoms with Gasteiger partial charge in [0.05, 0.1) is 11.7 Å².